The molecule has 1 aliphatic heterocycles. The number of hydrogen-bond acceptors (Lipinski definition) is 2. The Kier molecular flexibility index (Phi) is 3.97. The van der Waals surface area contributed by atoms with Crippen LogP contribution in [-0.4, -0.2) is 38.3 Å². The van der Waals surface area contributed by atoms with Crippen molar-refractivity contribution in [2.24, 2.45) is 5.92 Å². The van der Waals surface area contributed by atoms with Crippen LogP contribution in [0.3, 0.4) is 0 Å². The van der Waals surface area contributed by atoms with Gasteiger partial charge in [0.1, 0.15) is 0 Å². The zero-order chi connectivity index (χ0) is 11.4. The first kappa shape index (κ1) is 11.6. The van der Waals surface area contributed by atoms with Crippen LogP contribution in [0.1, 0.15) is 18.4 Å². The Balaban J connectivity index is 1.97. The standard InChI is InChI=1S/C14H21NO/c1-12-10-15(8-9-16-2)11-14(12)13-6-4-3-5-7-13/h3-7,12,14H,8-11H2,1-2H3. The molecule has 0 amide bonds. The van der Waals surface area contributed by atoms with Crippen molar-refractivity contribution in [2.45, 2.75) is 12.8 Å². The molecule has 0 aromatic heterocycles. The Morgan fingerprint density at radius 2 is 2.00 bits per heavy atom. The third-order valence-electron chi connectivity index (χ3n) is 3.53. The van der Waals surface area contributed by atoms with E-state index in [4.69, 9.17) is 4.74 Å². The summed E-state index contributed by atoms with van der Waals surface area (Å²) in [5.74, 6) is 1.44. The van der Waals surface area contributed by atoms with Crippen LogP contribution in [0.25, 0.3) is 0 Å². The maximum Gasteiger partial charge on any atom is 0.0589 e. The van der Waals surface area contributed by atoms with E-state index in [0.29, 0.717) is 5.92 Å². The Morgan fingerprint density at radius 3 is 2.69 bits per heavy atom. The van der Waals surface area contributed by atoms with Gasteiger partial charge in [-0.25, -0.2) is 0 Å². The molecular weight excluding hydrogens is 198 g/mol. The number of likely N-dealkylation sites (tertiary alicyclic amines) is 1. The van der Waals surface area contributed by atoms with Crippen molar-refractivity contribution in [2.75, 3.05) is 33.4 Å². The van der Waals surface area contributed by atoms with Gasteiger partial charge in [0.25, 0.3) is 0 Å². The van der Waals surface area contributed by atoms with E-state index in [9.17, 15) is 0 Å². The van der Waals surface area contributed by atoms with Crippen LogP contribution < -0.4 is 0 Å². The Morgan fingerprint density at radius 1 is 1.25 bits per heavy atom. The molecule has 1 heterocycles. The van der Waals surface area contributed by atoms with E-state index in [1.54, 1.807) is 7.11 Å². The van der Waals surface area contributed by atoms with Gasteiger partial charge in [0.15, 0.2) is 0 Å². The van der Waals surface area contributed by atoms with Crippen molar-refractivity contribution in [3.8, 4) is 0 Å². The Bertz CT molecular complexity index is 312. The minimum Gasteiger partial charge on any atom is -0.383 e. The first-order valence-electron chi connectivity index (χ1n) is 6.07. The summed E-state index contributed by atoms with van der Waals surface area (Å²) in [4.78, 5) is 2.51. The molecule has 0 saturated carbocycles. The highest BCUT2D eigenvalue weighted by atomic mass is 16.5. The summed E-state index contributed by atoms with van der Waals surface area (Å²) < 4.78 is 5.14. The van der Waals surface area contributed by atoms with Crippen molar-refractivity contribution >= 4 is 0 Å². The van der Waals surface area contributed by atoms with Gasteiger partial charge in [-0.3, -0.25) is 0 Å². The molecule has 2 heteroatoms. The predicted octanol–water partition coefficient (Wildman–Crippen LogP) is 2.37. The minimum absolute atomic E-state index is 0.693. The van der Waals surface area contributed by atoms with E-state index in [1.165, 1.54) is 18.7 Å². The zero-order valence-corrected chi connectivity index (χ0v) is 10.2. The lowest BCUT2D eigenvalue weighted by atomic mass is 9.90. The van der Waals surface area contributed by atoms with Crippen molar-refractivity contribution in [1.82, 2.24) is 4.90 Å². The largest absolute Gasteiger partial charge is 0.383 e. The lowest BCUT2D eigenvalue weighted by molar-refractivity contribution is 0.159. The summed E-state index contributed by atoms with van der Waals surface area (Å²) in [5.41, 5.74) is 1.48. The fourth-order valence-electron chi connectivity index (χ4n) is 2.60. The smallest absolute Gasteiger partial charge is 0.0589 e. The van der Waals surface area contributed by atoms with E-state index in [2.05, 4.69) is 42.2 Å². The molecule has 1 aromatic carbocycles. The van der Waals surface area contributed by atoms with E-state index >= 15 is 0 Å². The molecule has 0 N–H and O–H groups in total. The van der Waals surface area contributed by atoms with Gasteiger partial charge in [-0.1, -0.05) is 37.3 Å². The second kappa shape index (κ2) is 5.46. The van der Waals surface area contributed by atoms with Crippen molar-refractivity contribution < 1.29 is 4.74 Å². The van der Waals surface area contributed by atoms with Crippen molar-refractivity contribution in [3.05, 3.63) is 35.9 Å². The van der Waals surface area contributed by atoms with Gasteiger partial charge in [0.05, 0.1) is 6.61 Å². The molecule has 1 aliphatic rings. The molecule has 1 fully saturated rings. The summed E-state index contributed by atoms with van der Waals surface area (Å²) in [6.07, 6.45) is 0. The molecule has 2 atom stereocenters. The summed E-state index contributed by atoms with van der Waals surface area (Å²) in [5, 5.41) is 0. The third kappa shape index (κ3) is 2.63. The number of rotatable bonds is 4. The number of ether oxygens (including phenoxy) is 1. The minimum atomic E-state index is 0.693. The van der Waals surface area contributed by atoms with Crippen LogP contribution in [0.15, 0.2) is 30.3 Å². The molecule has 16 heavy (non-hydrogen) atoms. The summed E-state index contributed by atoms with van der Waals surface area (Å²) in [6, 6.07) is 10.9. The van der Waals surface area contributed by atoms with Crippen LogP contribution in [0, 0.1) is 5.92 Å². The maximum absolute atomic E-state index is 5.14. The lowest BCUT2D eigenvalue weighted by Crippen LogP contribution is -2.24. The lowest BCUT2D eigenvalue weighted by Gasteiger charge is -2.15. The van der Waals surface area contributed by atoms with Crippen LogP contribution in [0.4, 0.5) is 0 Å². The average Bonchev–Trinajstić information content (AvgIpc) is 2.69. The summed E-state index contributed by atoms with van der Waals surface area (Å²) in [7, 11) is 1.77. The molecule has 2 unspecified atom stereocenters. The molecule has 0 spiro atoms. The monoisotopic (exact) mass is 219 g/mol. The topological polar surface area (TPSA) is 12.5 Å². The number of benzene rings is 1. The molecule has 0 aliphatic carbocycles. The second-order valence-electron chi connectivity index (χ2n) is 4.75. The van der Waals surface area contributed by atoms with Gasteiger partial charge >= 0.3 is 0 Å². The number of hydrogen-bond donors (Lipinski definition) is 0. The second-order valence-corrected chi connectivity index (χ2v) is 4.75. The molecule has 2 rings (SSSR count). The van der Waals surface area contributed by atoms with Crippen molar-refractivity contribution in [1.29, 1.82) is 0 Å². The van der Waals surface area contributed by atoms with Crippen LogP contribution in [0.2, 0.25) is 0 Å². The predicted molar refractivity (Wildman–Crippen MR) is 66.7 cm³/mol. The number of nitrogens with zero attached hydrogens (tertiary/aromatic N) is 1. The molecule has 88 valence electrons. The Hall–Kier alpha value is -0.860. The van der Waals surface area contributed by atoms with E-state index in [0.717, 1.165) is 19.1 Å². The summed E-state index contributed by atoms with van der Waals surface area (Å²) in [6.45, 7) is 6.63. The van der Waals surface area contributed by atoms with Gasteiger partial charge in [-0.05, 0) is 11.5 Å². The normalized spacial score (nSPS) is 26.1. The highest BCUT2D eigenvalue weighted by Crippen LogP contribution is 2.31. The average molecular weight is 219 g/mol. The molecule has 0 radical (unpaired) electrons. The fourth-order valence-corrected chi connectivity index (χ4v) is 2.60. The SMILES string of the molecule is COCCN1CC(C)C(c2ccccc2)C1. The van der Waals surface area contributed by atoms with Crippen molar-refractivity contribution in [3.63, 3.8) is 0 Å². The molecular formula is C14H21NO. The van der Waals surface area contributed by atoms with E-state index < -0.39 is 0 Å². The summed E-state index contributed by atoms with van der Waals surface area (Å²) >= 11 is 0. The fraction of sp³-hybridized carbons (Fsp3) is 0.571. The molecule has 1 aromatic rings. The van der Waals surface area contributed by atoms with Gasteiger partial charge < -0.3 is 9.64 Å². The molecule has 1 saturated heterocycles. The van der Waals surface area contributed by atoms with Gasteiger partial charge in [0, 0.05) is 32.7 Å². The first-order valence-corrected chi connectivity index (χ1v) is 6.07. The highest BCUT2D eigenvalue weighted by Gasteiger charge is 2.29. The molecule has 0 bridgehead atoms. The van der Waals surface area contributed by atoms with Crippen LogP contribution in [-0.2, 0) is 4.74 Å². The van der Waals surface area contributed by atoms with E-state index in [1.807, 2.05) is 0 Å². The number of methoxy groups -OCH3 is 1. The van der Waals surface area contributed by atoms with Gasteiger partial charge in [-0.15, -0.1) is 0 Å². The Labute approximate surface area is 98.2 Å². The first-order chi connectivity index (χ1) is 7.81. The van der Waals surface area contributed by atoms with Gasteiger partial charge in [-0.2, -0.15) is 0 Å². The van der Waals surface area contributed by atoms with Crippen LogP contribution in [0.5, 0.6) is 0 Å². The van der Waals surface area contributed by atoms with Crippen LogP contribution >= 0.6 is 0 Å². The quantitative estimate of drug-likeness (QED) is 0.771. The third-order valence-corrected chi connectivity index (χ3v) is 3.53. The zero-order valence-electron chi connectivity index (χ0n) is 10.2. The highest BCUT2D eigenvalue weighted by molar-refractivity contribution is 5.22. The van der Waals surface area contributed by atoms with Gasteiger partial charge in [0.2, 0.25) is 0 Å². The van der Waals surface area contributed by atoms with E-state index in [-0.39, 0.29) is 0 Å². The molecule has 2 nitrogen and oxygen atoms in total. The maximum atomic E-state index is 5.14.